The first-order valence-corrected chi connectivity index (χ1v) is 8.50. The summed E-state index contributed by atoms with van der Waals surface area (Å²) in [4.78, 5) is 24.8. The van der Waals surface area contributed by atoms with Crippen LogP contribution in [0, 0.1) is 0 Å². The molecule has 7 nitrogen and oxygen atoms in total. The number of benzene rings is 1. The maximum atomic E-state index is 12.0. The van der Waals surface area contributed by atoms with Crippen molar-refractivity contribution >= 4 is 11.9 Å². The summed E-state index contributed by atoms with van der Waals surface area (Å²) >= 11 is 0. The van der Waals surface area contributed by atoms with Gasteiger partial charge < -0.3 is 15.0 Å². The monoisotopic (exact) mass is 341 g/mol. The smallest absolute Gasteiger partial charge is 0.234 e. The Morgan fingerprint density at radius 3 is 2.48 bits per heavy atom. The van der Waals surface area contributed by atoms with Crippen LogP contribution in [0.5, 0.6) is 5.75 Å². The molecule has 0 unspecified atom stereocenters. The third kappa shape index (κ3) is 5.42. The Kier molecular flexibility index (Phi) is 6.17. The SMILES string of the molecule is O=C(CN1CCN(c2ncccn2)CC1)NCCOc1ccccc1. The van der Waals surface area contributed by atoms with Gasteiger partial charge in [0.2, 0.25) is 11.9 Å². The number of hydrogen-bond donors (Lipinski definition) is 1. The molecule has 1 N–H and O–H groups in total. The lowest BCUT2D eigenvalue weighted by Crippen LogP contribution is -2.50. The van der Waals surface area contributed by atoms with Crippen LogP contribution in [-0.4, -0.2) is 66.7 Å². The van der Waals surface area contributed by atoms with Crippen LogP contribution in [0.4, 0.5) is 5.95 Å². The summed E-state index contributed by atoms with van der Waals surface area (Å²) in [5, 5.41) is 2.90. The van der Waals surface area contributed by atoms with Crippen molar-refractivity contribution in [1.29, 1.82) is 0 Å². The Balaban J connectivity index is 1.31. The van der Waals surface area contributed by atoms with Gasteiger partial charge in [-0.15, -0.1) is 0 Å². The molecule has 1 aromatic carbocycles. The van der Waals surface area contributed by atoms with E-state index in [0.717, 1.165) is 37.9 Å². The molecule has 1 aliphatic rings. The van der Waals surface area contributed by atoms with Crippen LogP contribution in [0.25, 0.3) is 0 Å². The zero-order valence-electron chi connectivity index (χ0n) is 14.2. The van der Waals surface area contributed by atoms with Crippen molar-refractivity contribution in [3.05, 3.63) is 48.8 Å². The summed E-state index contributed by atoms with van der Waals surface area (Å²) in [5.41, 5.74) is 0. The standard InChI is InChI=1S/C18H23N5O2/c24-17(19-9-14-25-16-5-2-1-3-6-16)15-22-10-12-23(13-11-22)18-20-7-4-8-21-18/h1-8H,9-15H2,(H,19,24). The summed E-state index contributed by atoms with van der Waals surface area (Å²) in [7, 11) is 0. The van der Waals surface area contributed by atoms with Crippen LogP contribution in [-0.2, 0) is 4.79 Å². The second-order valence-corrected chi connectivity index (χ2v) is 5.82. The molecular weight excluding hydrogens is 318 g/mol. The summed E-state index contributed by atoms with van der Waals surface area (Å²) in [6.45, 7) is 4.69. The fourth-order valence-electron chi connectivity index (χ4n) is 2.70. The summed E-state index contributed by atoms with van der Waals surface area (Å²) in [6, 6.07) is 11.4. The van der Waals surface area contributed by atoms with E-state index in [1.165, 1.54) is 0 Å². The first-order valence-electron chi connectivity index (χ1n) is 8.50. The van der Waals surface area contributed by atoms with Crippen LogP contribution < -0.4 is 15.0 Å². The number of nitrogens with zero attached hydrogens (tertiary/aromatic N) is 4. The fraction of sp³-hybridized carbons (Fsp3) is 0.389. The quantitative estimate of drug-likeness (QED) is 0.751. The summed E-state index contributed by atoms with van der Waals surface area (Å²) < 4.78 is 5.56. The minimum atomic E-state index is 0.0288. The molecule has 0 spiro atoms. The Morgan fingerprint density at radius 1 is 1.04 bits per heavy atom. The molecule has 2 heterocycles. The molecule has 0 atom stereocenters. The number of piperazine rings is 1. The fourth-order valence-corrected chi connectivity index (χ4v) is 2.70. The molecule has 7 heteroatoms. The van der Waals surface area contributed by atoms with Gasteiger partial charge in [-0.1, -0.05) is 18.2 Å². The van der Waals surface area contributed by atoms with Gasteiger partial charge in [-0.2, -0.15) is 0 Å². The predicted octanol–water partition coefficient (Wildman–Crippen LogP) is 0.794. The maximum absolute atomic E-state index is 12.0. The second-order valence-electron chi connectivity index (χ2n) is 5.82. The average Bonchev–Trinajstić information content (AvgIpc) is 2.67. The molecule has 0 saturated carbocycles. The van der Waals surface area contributed by atoms with Gasteiger partial charge in [-0.25, -0.2) is 9.97 Å². The minimum absolute atomic E-state index is 0.0288. The first-order chi connectivity index (χ1) is 12.3. The van der Waals surface area contributed by atoms with E-state index in [0.29, 0.717) is 19.7 Å². The number of hydrogen-bond acceptors (Lipinski definition) is 6. The van der Waals surface area contributed by atoms with E-state index in [2.05, 4.69) is 25.1 Å². The van der Waals surface area contributed by atoms with E-state index in [-0.39, 0.29) is 5.91 Å². The van der Waals surface area contributed by atoms with E-state index in [1.54, 1.807) is 12.4 Å². The first kappa shape index (κ1) is 17.2. The van der Waals surface area contributed by atoms with Gasteiger partial charge in [0.05, 0.1) is 13.1 Å². The summed E-state index contributed by atoms with van der Waals surface area (Å²) in [5.74, 6) is 1.60. The minimum Gasteiger partial charge on any atom is -0.492 e. The number of nitrogens with one attached hydrogen (secondary N) is 1. The Morgan fingerprint density at radius 2 is 1.76 bits per heavy atom. The number of carbonyl (C=O) groups is 1. The normalized spacial score (nSPS) is 15.0. The van der Waals surface area contributed by atoms with E-state index in [4.69, 9.17) is 4.74 Å². The number of para-hydroxylation sites is 1. The number of amides is 1. The van der Waals surface area contributed by atoms with Crippen molar-refractivity contribution < 1.29 is 9.53 Å². The molecular formula is C18H23N5O2. The number of ether oxygens (including phenoxy) is 1. The Labute approximate surface area is 147 Å². The van der Waals surface area contributed by atoms with Crippen molar-refractivity contribution in [2.75, 3.05) is 50.8 Å². The number of anilines is 1. The van der Waals surface area contributed by atoms with Crippen LogP contribution in [0.2, 0.25) is 0 Å². The Hall–Kier alpha value is -2.67. The molecule has 1 fully saturated rings. The van der Waals surface area contributed by atoms with Crippen molar-refractivity contribution in [2.45, 2.75) is 0 Å². The molecule has 1 aliphatic heterocycles. The highest BCUT2D eigenvalue weighted by atomic mass is 16.5. The van der Waals surface area contributed by atoms with Gasteiger partial charge >= 0.3 is 0 Å². The molecule has 132 valence electrons. The highest BCUT2D eigenvalue weighted by Crippen LogP contribution is 2.09. The van der Waals surface area contributed by atoms with Gasteiger partial charge in [0.15, 0.2) is 0 Å². The lowest BCUT2D eigenvalue weighted by Gasteiger charge is -2.34. The molecule has 3 rings (SSSR count). The van der Waals surface area contributed by atoms with Crippen molar-refractivity contribution in [1.82, 2.24) is 20.2 Å². The lowest BCUT2D eigenvalue weighted by molar-refractivity contribution is -0.122. The van der Waals surface area contributed by atoms with Crippen molar-refractivity contribution in [2.24, 2.45) is 0 Å². The number of aromatic nitrogens is 2. The molecule has 25 heavy (non-hydrogen) atoms. The van der Waals surface area contributed by atoms with Gasteiger partial charge in [-0.3, -0.25) is 9.69 Å². The van der Waals surface area contributed by atoms with Gasteiger partial charge in [0, 0.05) is 38.6 Å². The molecule has 2 aromatic rings. The van der Waals surface area contributed by atoms with Gasteiger partial charge in [-0.05, 0) is 18.2 Å². The highest BCUT2D eigenvalue weighted by Gasteiger charge is 2.20. The van der Waals surface area contributed by atoms with Crippen molar-refractivity contribution in [3.8, 4) is 5.75 Å². The highest BCUT2D eigenvalue weighted by molar-refractivity contribution is 5.78. The number of rotatable bonds is 7. The van der Waals surface area contributed by atoms with E-state index in [1.807, 2.05) is 36.4 Å². The van der Waals surface area contributed by atoms with Crippen LogP contribution >= 0.6 is 0 Å². The second kappa shape index (κ2) is 8.98. The zero-order chi connectivity index (χ0) is 17.3. The molecule has 1 aromatic heterocycles. The molecule has 0 bridgehead atoms. The van der Waals surface area contributed by atoms with Crippen LogP contribution in [0.15, 0.2) is 48.8 Å². The van der Waals surface area contributed by atoms with Gasteiger partial charge in [0.25, 0.3) is 0 Å². The third-order valence-electron chi connectivity index (χ3n) is 4.01. The van der Waals surface area contributed by atoms with Crippen molar-refractivity contribution in [3.63, 3.8) is 0 Å². The number of carbonyl (C=O) groups excluding carboxylic acids is 1. The average molecular weight is 341 g/mol. The van der Waals surface area contributed by atoms with Gasteiger partial charge in [0.1, 0.15) is 12.4 Å². The lowest BCUT2D eigenvalue weighted by atomic mass is 10.3. The van der Waals surface area contributed by atoms with E-state index in [9.17, 15) is 4.79 Å². The molecule has 0 aliphatic carbocycles. The zero-order valence-corrected chi connectivity index (χ0v) is 14.2. The van der Waals surface area contributed by atoms with E-state index < -0.39 is 0 Å². The molecule has 0 radical (unpaired) electrons. The molecule has 1 amide bonds. The topological polar surface area (TPSA) is 70.6 Å². The Bertz CT molecular complexity index is 645. The molecule has 1 saturated heterocycles. The van der Waals surface area contributed by atoms with Crippen LogP contribution in [0.1, 0.15) is 0 Å². The van der Waals surface area contributed by atoms with E-state index >= 15 is 0 Å². The third-order valence-corrected chi connectivity index (χ3v) is 4.01. The largest absolute Gasteiger partial charge is 0.492 e. The maximum Gasteiger partial charge on any atom is 0.234 e. The predicted molar refractivity (Wildman–Crippen MR) is 95.6 cm³/mol. The van der Waals surface area contributed by atoms with Crippen LogP contribution in [0.3, 0.4) is 0 Å². The summed E-state index contributed by atoms with van der Waals surface area (Å²) in [6.07, 6.45) is 3.50.